The third kappa shape index (κ3) is 4.63. The molecule has 2 fully saturated rings. The number of likely N-dealkylation sites (tertiary alicyclic amines) is 1. The van der Waals surface area contributed by atoms with Crippen molar-refractivity contribution in [3.05, 3.63) is 29.8 Å². The standard InChI is InChI=1S/C19H29N3O2/c1-21(11-9-16-5-3-4-6-18(16)24-2)19(23)20-17-10-12-22(14-17)13-15-7-8-15/h3-6,15,17H,7-14H2,1-2H3,(H,20,23). The van der Waals surface area contributed by atoms with Crippen LogP contribution in [0.25, 0.3) is 0 Å². The quantitative estimate of drug-likeness (QED) is 0.834. The number of carbonyl (C=O) groups excluding carboxylic acids is 1. The average Bonchev–Trinajstić information content (AvgIpc) is 3.30. The van der Waals surface area contributed by atoms with Gasteiger partial charge in [0.15, 0.2) is 0 Å². The van der Waals surface area contributed by atoms with Crippen molar-refractivity contribution in [2.75, 3.05) is 40.3 Å². The van der Waals surface area contributed by atoms with Crippen LogP contribution >= 0.6 is 0 Å². The van der Waals surface area contributed by atoms with Gasteiger partial charge in [-0.1, -0.05) is 18.2 Å². The van der Waals surface area contributed by atoms with E-state index in [1.165, 1.54) is 19.4 Å². The Morgan fingerprint density at radius 3 is 2.88 bits per heavy atom. The first-order chi connectivity index (χ1) is 11.7. The Kier molecular flexibility index (Phi) is 5.61. The molecule has 1 N–H and O–H groups in total. The van der Waals surface area contributed by atoms with E-state index in [1.54, 1.807) is 12.0 Å². The van der Waals surface area contributed by atoms with Crippen molar-refractivity contribution in [1.82, 2.24) is 15.1 Å². The zero-order chi connectivity index (χ0) is 16.9. The van der Waals surface area contributed by atoms with Gasteiger partial charge in [0, 0.05) is 39.3 Å². The predicted octanol–water partition coefficient (Wildman–Crippen LogP) is 2.36. The Hall–Kier alpha value is -1.75. The number of benzene rings is 1. The molecule has 3 rings (SSSR count). The van der Waals surface area contributed by atoms with Gasteiger partial charge in [-0.3, -0.25) is 0 Å². The summed E-state index contributed by atoms with van der Waals surface area (Å²) in [7, 11) is 3.55. The van der Waals surface area contributed by atoms with Crippen molar-refractivity contribution in [3.63, 3.8) is 0 Å². The van der Waals surface area contributed by atoms with Crippen molar-refractivity contribution in [2.24, 2.45) is 5.92 Å². The van der Waals surface area contributed by atoms with E-state index in [9.17, 15) is 4.79 Å². The first-order valence-corrected chi connectivity index (χ1v) is 9.01. The highest BCUT2D eigenvalue weighted by Crippen LogP contribution is 2.30. The Balaban J connectivity index is 1.41. The number of likely N-dealkylation sites (N-methyl/N-ethyl adjacent to an activating group) is 1. The minimum Gasteiger partial charge on any atom is -0.496 e. The fraction of sp³-hybridized carbons (Fsp3) is 0.632. The highest BCUT2D eigenvalue weighted by molar-refractivity contribution is 5.74. The summed E-state index contributed by atoms with van der Waals surface area (Å²) < 4.78 is 5.37. The van der Waals surface area contributed by atoms with Crippen LogP contribution in [0.4, 0.5) is 4.79 Å². The molecule has 1 aromatic rings. The van der Waals surface area contributed by atoms with Gasteiger partial charge < -0.3 is 19.9 Å². The maximum Gasteiger partial charge on any atom is 0.317 e. The molecular formula is C19H29N3O2. The van der Waals surface area contributed by atoms with Crippen LogP contribution in [-0.4, -0.2) is 62.2 Å². The summed E-state index contributed by atoms with van der Waals surface area (Å²) in [5, 5.41) is 3.18. The van der Waals surface area contributed by atoms with Crippen molar-refractivity contribution in [3.8, 4) is 5.75 Å². The molecule has 0 radical (unpaired) electrons. The first-order valence-electron chi connectivity index (χ1n) is 9.01. The van der Waals surface area contributed by atoms with Gasteiger partial charge in [-0.05, 0) is 43.2 Å². The topological polar surface area (TPSA) is 44.8 Å². The molecule has 132 valence electrons. The molecule has 0 spiro atoms. The third-order valence-corrected chi connectivity index (χ3v) is 5.07. The minimum absolute atomic E-state index is 0.0307. The number of para-hydroxylation sites is 1. The molecular weight excluding hydrogens is 302 g/mol. The molecule has 5 nitrogen and oxygen atoms in total. The molecule has 1 aromatic carbocycles. The number of amides is 2. The van der Waals surface area contributed by atoms with E-state index in [4.69, 9.17) is 4.74 Å². The van der Waals surface area contributed by atoms with E-state index < -0.39 is 0 Å². The lowest BCUT2D eigenvalue weighted by molar-refractivity contribution is 0.204. The van der Waals surface area contributed by atoms with Crippen LogP contribution in [0.2, 0.25) is 0 Å². The SMILES string of the molecule is COc1ccccc1CCN(C)C(=O)NC1CCN(CC2CC2)C1. The monoisotopic (exact) mass is 331 g/mol. The van der Waals surface area contributed by atoms with E-state index in [0.717, 1.165) is 43.2 Å². The Labute approximate surface area is 145 Å². The second-order valence-electron chi connectivity index (χ2n) is 7.12. The smallest absolute Gasteiger partial charge is 0.317 e. The summed E-state index contributed by atoms with van der Waals surface area (Å²) in [6, 6.07) is 8.31. The number of methoxy groups -OCH3 is 1. The van der Waals surface area contributed by atoms with Crippen LogP contribution in [-0.2, 0) is 6.42 Å². The summed E-state index contributed by atoms with van der Waals surface area (Å²) in [6.45, 7) is 4.02. The van der Waals surface area contributed by atoms with Gasteiger partial charge in [-0.25, -0.2) is 4.79 Å². The molecule has 1 atom stereocenters. The van der Waals surface area contributed by atoms with Crippen molar-refractivity contribution in [1.29, 1.82) is 0 Å². The zero-order valence-corrected chi connectivity index (χ0v) is 14.8. The fourth-order valence-corrected chi connectivity index (χ4v) is 3.37. The van der Waals surface area contributed by atoms with E-state index in [1.807, 2.05) is 25.2 Å². The van der Waals surface area contributed by atoms with Crippen molar-refractivity contribution >= 4 is 6.03 Å². The predicted molar refractivity (Wildman–Crippen MR) is 95.4 cm³/mol. The van der Waals surface area contributed by atoms with Crippen molar-refractivity contribution < 1.29 is 9.53 Å². The molecule has 1 heterocycles. The maximum absolute atomic E-state index is 12.4. The summed E-state index contributed by atoms with van der Waals surface area (Å²) in [6.07, 6.45) is 4.64. The number of rotatable bonds is 7. The second kappa shape index (κ2) is 7.88. The van der Waals surface area contributed by atoms with Gasteiger partial charge >= 0.3 is 6.03 Å². The highest BCUT2D eigenvalue weighted by Gasteiger charge is 2.30. The molecule has 1 saturated heterocycles. The zero-order valence-electron chi connectivity index (χ0n) is 14.8. The highest BCUT2D eigenvalue weighted by atomic mass is 16.5. The average molecular weight is 331 g/mol. The van der Waals surface area contributed by atoms with Crippen LogP contribution < -0.4 is 10.1 Å². The molecule has 1 aliphatic carbocycles. The number of hydrogen-bond acceptors (Lipinski definition) is 3. The summed E-state index contributed by atoms with van der Waals surface area (Å²) in [5.41, 5.74) is 1.14. The maximum atomic E-state index is 12.4. The van der Waals surface area contributed by atoms with E-state index in [-0.39, 0.29) is 6.03 Å². The summed E-state index contributed by atoms with van der Waals surface area (Å²) >= 11 is 0. The number of hydrogen-bond donors (Lipinski definition) is 1. The normalized spacial score (nSPS) is 20.8. The molecule has 0 aromatic heterocycles. The molecule has 1 aliphatic heterocycles. The van der Waals surface area contributed by atoms with Crippen LogP contribution in [0, 0.1) is 5.92 Å². The second-order valence-corrected chi connectivity index (χ2v) is 7.12. The molecule has 24 heavy (non-hydrogen) atoms. The minimum atomic E-state index is 0.0307. The Morgan fingerprint density at radius 1 is 1.33 bits per heavy atom. The summed E-state index contributed by atoms with van der Waals surface area (Å²) in [5.74, 6) is 1.81. The fourth-order valence-electron chi connectivity index (χ4n) is 3.37. The first kappa shape index (κ1) is 17.1. The van der Waals surface area contributed by atoms with Crippen LogP contribution in [0.5, 0.6) is 5.75 Å². The van der Waals surface area contributed by atoms with E-state index in [2.05, 4.69) is 16.3 Å². The number of urea groups is 1. The molecule has 1 saturated carbocycles. The summed E-state index contributed by atoms with van der Waals surface area (Å²) in [4.78, 5) is 16.7. The third-order valence-electron chi connectivity index (χ3n) is 5.07. The van der Waals surface area contributed by atoms with Gasteiger partial charge in [0.25, 0.3) is 0 Å². The number of carbonyl (C=O) groups is 1. The van der Waals surface area contributed by atoms with Gasteiger partial charge in [0.1, 0.15) is 5.75 Å². The van der Waals surface area contributed by atoms with Crippen molar-refractivity contribution in [2.45, 2.75) is 31.7 Å². The molecule has 5 heteroatoms. The number of nitrogens with one attached hydrogen (secondary N) is 1. The molecule has 1 unspecified atom stereocenters. The van der Waals surface area contributed by atoms with Crippen LogP contribution in [0.1, 0.15) is 24.8 Å². The molecule has 0 bridgehead atoms. The molecule has 2 aliphatic rings. The van der Waals surface area contributed by atoms with E-state index >= 15 is 0 Å². The van der Waals surface area contributed by atoms with E-state index in [0.29, 0.717) is 12.6 Å². The lowest BCUT2D eigenvalue weighted by atomic mass is 10.1. The molecule has 2 amide bonds. The lowest BCUT2D eigenvalue weighted by Gasteiger charge is -2.22. The van der Waals surface area contributed by atoms with Crippen LogP contribution in [0.15, 0.2) is 24.3 Å². The number of nitrogens with zero attached hydrogens (tertiary/aromatic N) is 2. The Bertz CT molecular complexity index is 559. The van der Waals surface area contributed by atoms with Gasteiger partial charge in [-0.15, -0.1) is 0 Å². The Morgan fingerprint density at radius 2 is 2.12 bits per heavy atom. The number of ether oxygens (including phenoxy) is 1. The lowest BCUT2D eigenvalue weighted by Crippen LogP contribution is -2.44. The van der Waals surface area contributed by atoms with Crippen LogP contribution in [0.3, 0.4) is 0 Å². The van der Waals surface area contributed by atoms with Gasteiger partial charge in [-0.2, -0.15) is 0 Å². The van der Waals surface area contributed by atoms with Gasteiger partial charge in [0.2, 0.25) is 0 Å². The largest absolute Gasteiger partial charge is 0.496 e. The van der Waals surface area contributed by atoms with Gasteiger partial charge in [0.05, 0.1) is 7.11 Å².